The molecular formula is C18H36N4O3. The molecule has 0 saturated carbocycles. The third-order valence-electron chi connectivity index (χ3n) is 4.33. The van der Waals surface area contributed by atoms with E-state index in [4.69, 9.17) is 9.47 Å². The first-order chi connectivity index (χ1) is 12.1. The van der Waals surface area contributed by atoms with Gasteiger partial charge in [0.2, 0.25) is 5.91 Å². The molecule has 1 saturated heterocycles. The van der Waals surface area contributed by atoms with Crippen LogP contribution in [0.2, 0.25) is 0 Å². The van der Waals surface area contributed by atoms with Crippen molar-refractivity contribution in [2.45, 2.75) is 46.1 Å². The van der Waals surface area contributed by atoms with E-state index in [9.17, 15) is 4.79 Å². The molecule has 0 bridgehead atoms. The van der Waals surface area contributed by atoms with E-state index in [0.717, 1.165) is 45.0 Å². The van der Waals surface area contributed by atoms with Crippen molar-refractivity contribution < 1.29 is 14.3 Å². The summed E-state index contributed by atoms with van der Waals surface area (Å²) in [6.45, 7) is 11.4. The number of carbonyl (C=O) groups is 1. The third-order valence-corrected chi connectivity index (χ3v) is 4.33. The molecule has 7 heteroatoms. The van der Waals surface area contributed by atoms with Crippen molar-refractivity contribution >= 4 is 11.9 Å². The number of amides is 1. The summed E-state index contributed by atoms with van der Waals surface area (Å²) in [6.07, 6.45) is 2.47. The third kappa shape index (κ3) is 9.07. The molecule has 7 nitrogen and oxygen atoms in total. The van der Waals surface area contributed by atoms with Crippen LogP contribution in [0.25, 0.3) is 0 Å². The number of nitrogens with zero attached hydrogens (tertiary/aromatic N) is 2. The van der Waals surface area contributed by atoms with Gasteiger partial charge < -0.3 is 25.0 Å². The van der Waals surface area contributed by atoms with Gasteiger partial charge >= 0.3 is 0 Å². The van der Waals surface area contributed by atoms with Gasteiger partial charge in [0.25, 0.3) is 0 Å². The van der Waals surface area contributed by atoms with E-state index in [1.807, 2.05) is 6.92 Å². The molecule has 0 aromatic heterocycles. The van der Waals surface area contributed by atoms with Gasteiger partial charge in [-0.2, -0.15) is 0 Å². The van der Waals surface area contributed by atoms with Crippen LogP contribution in [0, 0.1) is 5.92 Å². The maximum absolute atomic E-state index is 11.9. The van der Waals surface area contributed by atoms with E-state index in [1.54, 1.807) is 7.11 Å². The lowest BCUT2D eigenvalue weighted by Crippen LogP contribution is -2.40. The van der Waals surface area contributed by atoms with Crippen LogP contribution in [0.4, 0.5) is 0 Å². The van der Waals surface area contributed by atoms with Crippen molar-refractivity contribution in [1.82, 2.24) is 15.5 Å². The van der Waals surface area contributed by atoms with E-state index in [1.165, 1.54) is 0 Å². The number of guanidine groups is 1. The quantitative estimate of drug-likeness (QED) is 0.331. The van der Waals surface area contributed by atoms with Crippen molar-refractivity contribution in [3.05, 3.63) is 0 Å². The fourth-order valence-electron chi connectivity index (χ4n) is 2.69. The Morgan fingerprint density at radius 1 is 1.36 bits per heavy atom. The first-order valence-electron chi connectivity index (χ1n) is 9.49. The Morgan fingerprint density at radius 3 is 2.84 bits per heavy atom. The molecule has 0 radical (unpaired) electrons. The minimum atomic E-state index is 0.0693. The van der Waals surface area contributed by atoms with Crippen LogP contribution < -0.4 is 10.6 Å². The fourth-order valence-corrected chi connectivity index (χ4v) is 2.69. The van der Waals surface area contributed by atoms with Gasteiger partial charge in [0.15, 0.2) is 5.96 Å². The summed E-state index contributed by atoms with van der Waals surface area (Å²) in [5, 5.41) is 6.31. The number of aliphatic imine (C=N–C) groups is 1. The predicted octanol–water partition coefficient (Wildman–Crippen LogP) is 1.24. The monoisotopic (exact) mass is 356 g/mol. The fraction of sp³-hybridized carbons (Fsp3) is 0.889. The van der Waals surface area contributed by atoms with Crippen LogP contribution in [0.5, 0.6) is 0 Å². The normalized spacial score (nSPS) is 19.1. The average molecular weight is 357 g/mol. The molecule has 1 aliphatic heterocycles. The van der Waals surface area contributed by atoms with Gasteiger partial charge in [0, 0.05) is 45.1 Å². The number of nitrogens with one attached hydrogen (secondary N) is 2. The molecule has 2 N–H and O–H groups in total. The zero-order chi connectivity index (χ0) is 18.5. The smallest absolute Gasteiger partial charge is 0.222 e. The molecule has 146 valence electrons. The predicted molar refractivity (Wildman–Crippen MR) is 101 cm³/mol. The zero-order valence-electron chi connectivity index (χ0n) is 16.3. The summed E-state index contributed by atoms with van der Waals surface area (Å²) in [6, 6.07) is 0.224. The number of methoxy groups -OCH3 is 1. The van der Waals surface area contributed by atoms with Gasteiger partial charge in [-0.3, -0.25) is 9.79 Å². The first-order valence-corrected chi connectivity index (χ1v) is 9.49. The molecule has 1 heterocycles. The maximum Gasteiger partial charge on any atom is 0.222 e. The van der Waals surface area contributed by atoms with E-state index in [0.29, 0.717) is 32.1 Å². The van der Waals surface area contributed by atoms with Crippen molar-refractivity contribution in [2.75, 3.05) is 53.1 Å². The van der Waals surface area contributed by atoms with E-state index >= 15 is 0 Å². The molecule has 1 fully saturated rings. The minimum absolute atomic E-state index is 0.0693. The van der Waals surface area contributed by atoms with Crippen LogP contribution in [0.1, 0.15) is 40.0 Å². The van der Waals surface area contributed by atoms with Gasteiger partial charge in [0.05, 0.1) is 26.4 Å². The lowest BCUT2D eigenvalue weighted by atomic mass is 10.1. The minimum Gasteiger partial charge on any atom is -0.382 e. The Labute approximate surface area is 152 Å². The Kier molecular flexibility index (Phi) is 11.2. The lowest BCUT2D eigenvalue weighted by molar-refractivity contribution is -0.121. The van der Waals surface area contributed by atoms with Gasteiger partial charge in [-0.15, -0.1) is 0 Å². The summed E-state index contributed by atoms with van der Waals surface area (Å²) in [4.78, 5) is 18.7. The molecular weight excluding hydrogens is 320 g/mol. The molecule has 1 rings (SSSR count). The highest BCUT2D eigenvalue weighted by atomic mass is 16.5. The largest absolute Gasteiger partial charge is 0.382 e. The maximum atomic E-state index is 11.9. The number of rotatable bonds is 11. The summed E-state index contributed by atoms with van der Waals surface area (Å²) in [5.41, 5.74) is 0. The van der Waals surface area contributed by atoms with Gasteiger partial charge in [-0.1, -0.05) is 6.92 Å². The number of hydrogen-bond acceptors (Lipinski definition) is 4. The van der Waals surface area contributed by atoms with Gasteiger partial charge in [-0.25, -0.2) is 0 Å². The Hall–Kier alpha value is -1.34. The Bertz CT molecular complexity index is 404. The summed E-state index contributed by atoms with van der Waals surface area (Å²) < 4.78 is 10.6. The second-order valence-electron chi connectivity index (χ2n) is 6.53. The topological polar surface area (TPSA) is 75.2 Å². The van der Waals surface area contributed by atoms with E-state index < -0.39 is 0 Å². The molecule has 25 heavy (non-hydrogen) atoms. The highest BCUT2D eigenvalue weighted by Crippen LogP contribution is 2.16. The standard InChI is InChI=1S/C18H36N4O3/c1-5-15(3)21-17(23)7-9-20-18(19-6-2)22-10-8-16(13-22)14-25-12-11-24-4/h15-16H,5-14H2,1-4H3,(H,19,20)(H,21,23). The first kappa shape index (κ1) is 21.7. The van der Waals surface area contributed by atoms with Crippen molar-refractivity contribution in [1.29, 1.82) is 0 Å². The SMILES string of the molecule is CCNC(=NCCC(=O)NC(C)CC)N1CCC(COCCOC)C1. The lowest BCUT2D eigenvalue weighted by Gasteiger charge is -2.21. The van der Waals surface area contributed by atoms with E-state index in [-0.39, 0.29) is 11.9 Å². The summed E-state index contributed by atoms with van der Waals surface area (Å²) in [5.74, 6) is 1.49. The second kappa shape index (κ2) is 12.9. The molecule has 0 aromatic carbocycles. The molecule has 1 aliphatic rings. The molecule has 0 aliphatic carbocycles. The van der Waals surface area contributed by atoms with Gasteiger partial charge in [0.1, 0.15) is 0 Å². The molecule has 0 spiro atoms. The Morgan fingerprint density at radius 2 is 2.16 bits per heavy atom. The van der Waals surface area contributed by atoms with Crippen LogP contribution in [0.3, 0.4) is 0 Å². The van der Waals surface area contributed by atoms with Crippen molar-refractivity contribution in [2.24, 2.45) is 10.9 Å². The van der Waals surface area contributed by atoms with Crippen LogP contribution in [-0.2, 0) is 14.3 Å². The average Bonchev–Trinajstić information content (AvgIpc) is 3.06. The second-order valence-corrected chi connectivity index (χ2v) is 6.53. The van der Waals surface area contributed by atoms with Crippen LogP contribution >= 0.6 is 0 Å². The summed E-state index contributed by atoms with van der Waals surface area (Å²) in [7, 11) is 1.68. The van der Waals surface area contributed by atoms with Crippen LogP contribution in [0.15, 0.2) is 4.99 Å². The molecule has 2 atom stereocenters. The van der Waals surface area contributed by atoms with Gasteiger partial charge in [-0.05, 0) is 26.7 Å². The molecule has 1 amide bonds. The number of carbonyl (C=O) groups excluding carboxylic acids is 1. The number of likely N-dealkylation sites (tertiary alicyclic amines) is 1. The summed E-state index contributed by atoms with van der Waals surface area (Å²) >= 11 is 0. The van der Waals surface area contributed by atoms with Crippen molar-refractivity contribution in [3.8, 4) is 0 Å². The van der Waals surface area contributed by atoms with Crippen molar-refractivity contribution in [3.63, 3.8) is 0 Å². The molecule has 2 unspecified atom stereocenters. The Balaban J connectivity index is 2.38. The number of ether oxygens (including phenoxy) is 2. The highest BCUT2D eigenvalue weighted by Gasteiger charge is 2.24. The van der Waals surface area contributed by atoms with E-state index in [2.05, 4.69) is 34.4 Å². The number of hydrogen-bond donors (Lipinski definition) is 2. The highest BCUT2D eigenvalue weighted by molar-refractivity contribution is 5.81. The van der Waals surface area contributed by atoms with Crippen LogP contribution in [-0.4, -0.2) is 75.9 Å². The zero-order valence-corrected chi connectivity index (χ0v) is 16.3. The molecule has 0 aromatic rings.